The SMILES string of the molecule is CCCCc1ccc(OCc2ccc(C)cc2)cc1OC(=O)CCC. The molecule has 0 aromatic heterocycles. The Morgan fingerprint density at radius 1 is 1.00 bits per heavy atom. The topological polar surface area (TPSA) is 35.5 Å². The average molecular weight is 340 g/mol. The zero-order valence-corrected chi connectivity index (χ0v) is 15.5. The third-order valence-corrected chi connectivity index (χ3v) is 4.04. The van der Waals surface area contributed by atoms with E-state index in [1.807, 2.05) is 25.1 Å². The number of unbranched alkanes of at least 4 members (excludes halogenated alkanes) is 1. The molecule has 2 aromatic rings. The van der Waals surface area contributed by atoms with Gasteiger partial charge in [0.1, 0.15) is 18.1 Å². The molecule has 0 aliphatic rings. The molecular weight excluding hydrogens is 312 g/mol. The van der Waals surface area contributed by atoms with E-state index in [1.165, 1.54) is 5.56 Å². The van der Waals surface area contributed by atoms with Crippen LogP contribution in [-0.2, 0) is 17.8 Å². The summed E-state index contributed by atoms with van der Waals surface area (Å²) in [6, 6.07) is 14.1. The average Bonchev–Trinajstić information content (AvgIpc) is 2.60. The fourth-order valence-corrected chi connectivity index (χ4v) is 2.52. The van der Waals surface area contributed by atoms with Gasteiger partial charge in [-0.2, -0.15) is 0 Å². The van der Waals surface area contributed by atoms with E-state index < -0.39 is 0 Å². The second-order valence-corrected chi connectivity index (χ2v) is 6.37. The molecule has 3 heteroatoms. The molecule has 0 amide bonds. The van der Waals surface area contributed by atoms with Crippen molar-refractivity contribution in [3.63, 3.8) is 0 Å². The van der Waals surface area contributed by atoms with Gasteiger partial charge in [-0.3, -0.25) is 4.79 Å². The van der Waals surface area contributed by atoms with Crippen LogP contribution in [0.2, 0.25) is 0 Å². The molecule has 0 unspecified atom stereocenters. The van der Waals surface area contributed by atoms with E-state index in [4.69, 9.17) is 9.47 Å². The van der Waals surface area contributed by atoms with Gasteiger partial charge in [-0.1, -0.05) is 56.2 Å². The van der Waals surface area contributed by atoms with E-state index in [-0.39, 0.29) is 5.97 Å². The third kappa shape index (κ3) is 6.26. The Kier molecular flexibility index (Phi) is 7.52. The van der Waals surface area contributed by atoms with Crippen molar-refractivity contribution < 1.29 is 14.3 Å². The zero-order valence-electron chi connectivity index (χ0n) is 15.5. The molecule has 25 heavy (non-hydrogen) atoms. The van der Waals surface area contributed by atoms with Crippen molar-refractivity contribution in [2.75, 3.05) is 0 Å². The fourth-order valence-electron chi connectivity index (χ4n) is 2.52. The van der Waals surface area contributed by atoms with E-state index in [0.717, 1.165) is 42.6 Å². The largest absolute Gasteiger partial charge is 0.489 e. The molecule has 0 fully saturated rings. The van der Waals surface area contributed by atoms with Crippen LogP contribution in [0, 0.1) is 6.92 Å². The maximum Gasteiger partial charge on any atom is 0.311 e. The smallest absolute Gasteiger partial charge is 0.311 e. The number of ether oxygens (including phenoxy) is 2. The number of benzene rings is 2. The maximum absolute atomic E-state index is 11.9. The molecule has 0 radical (unpaired) electrons. The lowest BCUT2D eigenvalue weighted by Crippen LogP contribution is -2.09. The first-order valence-electron chi connectivity index (χ1n) is 9.14. The molecule has 0 aliphatic heterocycles. The van der Waals surface area contributed by atoms with Crippen molar-refractivity contribution in [3.05, 3.63) is 59.2 Å². The van der Waals surface area contributed by atoms with Gasteiger partial charge in [-0.15, -0.1) is 0 Å². The number of esters is 1. The van der Waals surface area contributed by atoms with E-state index in [9.17, 15) is 4.79 Å². The van der Waals surface area contributed by atoms with Crippen LogP contribution in [0.25, 0.3) is 0 Å². The third-order valence-electron chi connectivity index (χ3n) is 4.04. The summed E-state index contributed by atoms with van der Waals surface area (Å²) >= 11 is 0. The van der Waals surface area contributed by atoms with Crippen molar-refractivity contribution >= 4 is 5.97 Å². The Morgan fingerprint density at radius 2 is 1.76 bits per heavy atom. The molecular formula is C22H28O3. The standard InChI is InChI=1S/C22H28O3/c1-4-6-8-19-13-14-20(15-21(19)25-22(23)7-5-2)24-16-18-11-9-17(3)10-12-18/h9-15H,4-8,16H2,1-3H3. The molecule has 0 aliphatic carbocycles. The van der Waals surface area contributed by atoms with Crippen molar-refractivity contribution in [2.24, 2.45) is 0 Å². The minimum Gasteiger partial charge on any atom is -0.489 e. The predicted molar refractivity (Wildman–Crippen MR) is 101 cm³/mol. The quantitative estimate of drug-likeness (QED) is 0.439. The Balaban J connectivity index is 2.09. The van der Waals surface area contributed by atoms with Gasteiger partial charge in [0.25, 0.3) is 0 Å². The van der Waals surface area contributed by atoms with Gasteiger partial charge in [0.05, 0.1) is 0 Å². The van der Waals surface area contributed by atoms with Crippen LogP contribution in [0.15, 0.2) is 42.5 Å². The molecule has 0 spiro atoms. The molecule has 0 saturated heterocycles. The van der Waals surface area contributed by atoms with Gasteiger partial charge in [-0.05, 0) is 43.4 Å². The fraction of sp³-hybridized carbons (Fsp3) is 0.409. The highest BCUT2D eigenvalue weighted by molar-refractivity contribution is 5.72. The molecule has 0 heterocycles. The number of carbonyl (C=O) groups excluding carboxylic acids is 1. The maximum atomic E-state index is 11.9. The lowest BCUT2D eigenvalue weighted by Gasteiger charge is -2.13. The highest BCUT2D eigenvalue weighted by Crippen LogP contribution is 2.27. The minimum atomic E-state index is -0.184. The molecule has 0 atom stereocenters. The Hall–Kier alpha value is -2.29. The summed E-state index contributed by atoms with van der Waals surface area (Å²) in [5.74, 6) is 1.17. The molecule has 2 rings (SSSR count). The van der Waals surface area contributed by atoms with Crippen molar-refractivity contribution in [1.29, 1.82) is 0 Å². The van der Waals surface area contributed by atoms with Crippen molar-refractivity contribution in [2.45, 2.75) is 59.5 Å². The van der Waals surface area contributed by atoms with Crippen LogP contribution in [0.4, 0.5) is 0 Å². The van der Waals surface area contributed by atoms with Gasteiger partial charge in [0.2, 0.25) is 0 Å². The first-order chi connectivity index (χ1) is 12.1. The van der Waals surface area contributed by atoms with E-state index in [0.29, 0.717) is 18.8 Å². The summed E-state index contributed by atoms with van der Waals surface area (Å²) in [4.78, 5) is 11.9. The van der Waals surface area contributed by atoms with Crippen molar-refractivity contribution in [1.82, 2.24) is 0 Å². The molecule has 0 saturated carbocycles. The first kappa shape index (κ1) is 19.0. The van der Waals surface area contributed by atoms with Gasteiger partial charge in [0, 0.05) is 12.5 Å². The summed E-state index contributed by atoms with van der Waals surface area (Å²) in [5, 5.41) is 0. The highest BCUT2D eigenvalue weighted by Gasteiger charge is 2.11. The lowest BCUT2D eigenvalue weighted by atomic mass is 10.1. The van der Waals surface area contributed by atoms with Gasteiger partial charge < -0.3 is 9.47 Å². The number of aryl methyl sites for hydroxylation is 2. The molecule has 0 bridgehead atoms. The Morgan fingerprint density at radius 3 is 2.44 bits per heavy atom. The van der Waals surface area contributed by atoms with Gasteiger partial charge in [-0.25, -0.2) is 0 Å². The first-order valence-corrected chi connectivity index (χ1v) is 9.14. The van der Waals surface area contributed by atoms with Crippen LogP contribution in [0.3, 0.4) is 0 Å². The Labute approximate surface area is 151 Å². The summed E-state index contributed by atoms with van der Waals surface area (Å²) < 4.78 is 11.5. The monoisotopic (exact) mass is 340 g/mol. The summed E-state index contributed by atoms with van der Waals surface area (Å²) in [6.45, 7) is 6.69. The van der Waals surface area contributed by atoms with Gasteiger partial charge >= 0.3 is 5.97 Å². The second-order valence-electron chi connectivity index (χ2n) is 6.37. The Bertz CT molecular complexity index is 674. The minimum absolute atomic E-state index is 0.184. The van der Waals surface area contributed by atoms with E-state index in [2.05, 4.69) is 38.1 Å². The van der Waals surface area contributed by atoms with Gasteiger partial charge in [0.15, 0.2) is 0 Å². The second kappa shape index (κ2) is 9.87. The summed E-state index contributed by atoms with van der Waals surface area (Å²) in [7, 11) is 0. The zero-order chi connectivity index (χ0) is 18.1. The van der Waals surface area contributed by atoms with Crippen LogP contribution in [-0.4, -0.2) is 5.97 Å². The molecule has 134 valence electrons. The molecule has 2 aromatic carbocycles. The van der Waals surface area contributed by atoms with E-state index in [1.54, 1.807) is 0 Å². The highest BCUT2D eigenvalue weighted by atomic mass is 16.5. The predicted octanol–water partition coefficient (Wildman–Crippen LogP) is 5.62. The van der Waals surface area contributed by atoms with Crippen LogP contribution in [0.5, 0.6) is 11.5 Å². The van der Waals surface area contributed by atoms with Crippen molar-refractivity contribution in [3.8, 4) is 11.5 Å². The van der Waals surface area contributed by atoms with E-state index >= 15 is 0 Å². The number of carbonyl (C=O) groups is 1. The summed E-state index contributed by atoms with van der Waals surface area (Å²) in [6.07, 6.45) is 4.30. The normalized spacial score (nSPS) is 10.5. The van der Waals surface area contributed by atoms with Crippen LogP contribution in [0.1, 0.15) is 56.2 Å². The van der Waals surface area contributed by atoms with Crippen LogP contribution >= 0.6 is 0 Å². The lowest BCUT2D eigenvalue weighted by molar-refractivity contribution is -0.134. The molecule has 3 nitrogen and oxygen atoms in total. The number of hydrogen-bond donors (Lipinski definition) is 0. The summed E-state index contributed by atoms with van der Waals surface area (Å²) in [5.41, 5.74) is 3.41. The number of rotatable bonds is 9. The van der Waals surface area contributed by atoms with Crippen LogP contribution < -0.4 is 9.47 Å². The number of hydrogen-bond acceptors (Lipinski definition) is 3. The molecule has 0 N–H and O–H groups in total.